The molecule has 2 heterocycles. The summed E-state index contributed by atoms with van der Waals surface area (Å²) in [6.07, 6.45) is 6.73. The fourth-order valence-corrected chi connectivity index (χ4v) is 5.46. The van der Waals surface area contributed by atoms with E-state index in [9.17, 15) is 9.59 Å². The second kappa shape index (κ2) is 9.88. The van der Waals surface area contributed by atoms with E-state index in [-0.39, 0.29) is 11.8 Å². The van der Waals surface area contributed by atoms with Gasteiger partial charge in [0.1, 0.15) is 0 Å². The molecule has 0 unspecified atom stereocenters. The Morgan fingerprint density at radius 3 is 1.91 bits per heavy atom. The number of imide groups is 1. The summed E-state index contributed by atoms with van der Waals surface area (Å²) >= 11 is 0. The number of carbonyl (C=O) groups excluding carboxylic acids is 2. The lowest BCUT2D eigenvalue weighted by Crippen LogP contribution is -2.40. The predicted molar refractivity (Wildman–Crippen MR) is 133 cm³/mol. The molecule has 0 spiro atoms. The molecule has 33 heavy (non-hydrogen) atoms. The molecule has 0 radical (unpaired) electrons. The van der Waals surface area contributed by atoms with Crippen LogP contribution in [0, 0.1) is 0 Å². The van der Waals surface area contributed by atoms with Crippen molar-refractivity contribution >= 4 is 22.6 Å². The van der Waals surface area contributed by atoms with Crippen molar-refractivity contribution in [2.75, 3.05) is 26.2 Å². The van der Waals surface area contributed by atoms with Gasteiger partial charge in [0.15, 0.2) is 0 Å². The number of carbonyl (C=O) groups is 2. The van der Waals surface area contributed by atoms with E-state index in [4.69, 9.17) is 0 Å². The van der Waals surface area contributed by atoms with Crippen LogP contribution in [0.15, 0.2) is 66.7 Å². The highest BCUT2D eigenvalue weighted by Crippen LogP contribution is 2.30. The number of piperidine rings is 1. The second-order valence-corrected chi connectivity index (χ2v) is 9.41. The van der Waals surface area contributed by atoms with E-state index >= 15 is 0 Å². The number of rotatable bonds is 8. The van der Waals surface area contributed by atoms with Gasteiger partial charge in [-0.3, -0.25) is 14.5 Å². The Labute approximate surface area is 196 Å². The fourth-order valence-electron chi connectivity index (χ4n) is 5.46. The van der Waals surface area contributed by atoms with E-state index in [0.717, 1.165) is 36.6 Å². The van der Waals surface area contributed by atoms with E-state index in [1.807, 2.05) is 36.4 Å². The molecule has 0 N–H and O–H groups in total. The Morgan fingerprint density at radius 1 is 0.667 bits per heavy atom. The smallest absolute Gasteiger partial charge is 0.261 e. The van der Waals surface area contributed by atoms with Crippen molar-refractivity contribution in [3.8, 4) is 0 Å². The summed E-state index contributed by atoms with van der Waals surface area (Å²) in [7, 11) is 0. The van der Waals surface area contributed by atoms with Crippen LogP contribution in [0.2, 0.25) is 0 Å². The first-order valence-corrected chi connectivity index (χ1v) is 12.4. The van der Waals surface area contributed by atoms with Crippen LogP contribution in [0.1, 0.15) is 70.7 Å². The van der Waals surface area contributed by atoms with Gasteiger partial charge in [-0.2, -0.15) is 0 Å². The third kappa shape index (κ3) is 4.58. The fraction of sp³-hybridized carbons (Fsp3) is 0.379. The van der Waals surface area contributed by atoms with Crippen LogP contribution in [0.5, 0.6) is 0 Å². The van der Waals surface area contributed by atoms with Crippen LogP contribution in [-0.2, 0) is 0 Å². The minimum atomic E-state index is -0.148. The van der Waals surface area contributed by atoms with E-state index in [0.29, 0.717) is 23.6 Å². The number of unbranched alkanes of at least 4 members (excludes halogenated alkanes) is 3. The van der Waals surface area contributed by atoms with Crippen LogP contribution in [0.3, 0.4) is 0 Å². The molecule has 0 atom stereocenters. The number of hydrogen-bond donors (Lipinski definition) is 0. The summed E-state index contributed by atoms with van der Waals surface area (Å²) in [4.78, 5) is 30.0. The summed E-state index contributed by atoms with van der Waals surface area (Å²) in [5.74, 6) is 0.411. The molecule has 0 aromatic heterocycles. The quantitative estimate of drug-likeness (QED) is 0.325. The average molecular weight is 441 g/mol. The van der Waals surface area contributed by atoms with Crippen molar-refractivity contribution in [2.45, 2.75) is 44.4 Å². The minimum Gasteiger partial charge on any atom is -0.303 e. The maximum Gasteiger partial charge on any atom is 0.261 e. The molecule has 1 saturated heterocycles. The SMILES string of the molecule is O=C1c2cccc3cccc(c23)C(=O)N1CCCCCCN1CCC(c2ccccc2)CC1. The molecule has 2 aliphatic heterocycles. The van der Waals surface area contributed by atoms with Crippen LogP contribution in [0.4, 0.5) is 0 Å². The third-order valence-corrected chi connectivity index (χ3v) is 7.32. The minimum absolute atomic E-state index is 0.148. The largest absolute Gasteiger partial charge is 0.303 e. The van der Waals surface area contributed by atoms with E-state index in [2.05, 4.69) is 35.2 Å². The molecule has 0 aliphatic carbocycles. The average Bonchev–Trinajstić information content (AvgIpc) is 2.87. The molecule has 3 aromatic rings. The van der Waals surface area contributed by atoms with Crippen molar-refractivity contribution in [3.05, 3.63) is 83.4 Å². The molecule has 3 aromatic carbocycles. The van der Waals surface area contributed by atoms with Crippen LogP contribution >= 0.6 is 0 Å². The van der Waals surface area contributed by atoms with Gasteiger partial charge < -0.3 is 4.90 Å². The lowest BCUT2D eigenvalue weighted by molar-refractivity contribution is 0.0607. The Morgan fingerprint density at radius 2 is 1.27 bits per heavy atom. The van der Waals surface area contributed by atoms with Crippen LogP contribution in [0.25, 0.3) is 10.8 Å². The van der Waals surface area contributed by atoms with Crippen molar-refractivity contribution in [2.24, 2.45) is 0 Å². The zero-order valence-electron chi connectivity index (χ0n) is 19.2. The molecule has 5 rings (SSSR count). The number of nitrogens with zero attached hydrogens (tertiary/aromatic N) is 2. The molecule has 4 heteroatoms. The number of amides is 2. The Kier molecular flexibility index (Phi) is 6.54. The van der Waals surface area contributed by atoms with Gasteiger partial charge in [-0.05, 0) is 74.3 Å². The molecule has 0 bridgehead atoms. The van der Waals surface area contributed by atoms with Gasteiger partial charge in [-0.1, -0.05) is 67.4 Å². The molecule has 0 saturated carbocycles. The van der Waals surface area contributed by atoms with Crippen molar-refractivity contribution in [1.29, 1.82) is 0 Å². The Bertz CT molecular complexity index is 1080. The van der Waals surface area contributed by atoms with Gasteiger partial charge in [0.25, 0.3) is 11.8 Å². The van der Waals surface area contributed by atoms with E-state index < -0.39 is 0 Å². The van der Waals surface area contributed by atoms with Crippen LogP contribution in [-0.4, -0.2) is 47.8 Å². The van der Waals surface area contributed by atoms with Gasteiger partial charge in [-0.25, -0.2) is 0 Å². The van der Waals surface area contributed by atoms with Gasteiger partial charge in [-0.15, -0.1) is 0 Å². The highest BCUT2D eigenvalue weighted by molar-refractivity contribution is 6.25. The van der Waals surface area contributed by atoms with Gasteiger partial charge in [0.2, 0.25) is 0 Å². The van der Waals surface area contributed by atoms with Crippen molar-refractivity contribution in [3.63, 3.8) is 0 Å². The Hall–Kier alpha value is -2.98. The standard InChI is InChI=1S/C29H32N2O2/c32-28-25-14-8-12-24-13-9-15-26(27(24)25)29(33)31(28)19-7-2-1-6-18-30-20-16-23(17-21-30)22-10-4-3-5-11-22/h3-5,8-15,23H,1-2,6-7,16-21H2. The highest BCUT2D eigenvalue weighted by atomic mass is 16.2. The second-order valence-electron chi connectivity index (χ2n) is 9.41. The number of benzene rings is 3. The maximum atomic E-state index is 13.0. The van der Waals surface area contributed by atoms with E-state index in [1.165, 1.54) is 42.8 Å². The molecular formula is C29H32N2O2. The number of likely N-dealkylation sites (tertiary alicyclic amines) is 1. The first kappa shape index (κ1) is 21.8. The normalized spacial score (nSPS) is 17.2. The predicted octanol–water partition coefficient (Wildman–Crippen LogP) is 5.88. The summed E-state index contributed by atoms with van der Waals surface area (Å²) in [5, 5.41) is 1.77. The Balaban J connectivity index is 1.05. The molecule has 2 amide bonds. The monoisotopic (exact) mass is 440 g/mol. The van der Waals surface area contributed by atoms with Gasteiger partial charge in [0, 0.05) is 23.1 Å². The topological polar surface area (TPSA) is 40.6 Å². The third-order valence-electron chi connectivity index (χ3n) is 7.32. The van der Waals surface area contributed by atoms with Gasteiger partial charge in [0.05, 0.1) is 0 Å². The molecule has 1 fully saturated rings. The zero-order valence-corrected chi connectivity index (χ0v) is 19.2. The summed E-state index contributed by atoms with van der Waals surface area (Å²) < 4.78 is 0. The summed E-state index contributed by atoms with van der Waals surface area (Å²) in [6, 6.07) is 22.3. The lowest BCUT2D eigenvalue weighted by Gasteiger charge is -2.32. The van der Waals surface area contributed by atoms with Crippen molar-refractivity contribution in [1.82, 2.24) is 9.80 Å². The highest BCUT2D eigenvalue weighted by Gasteiger charge is 2.32. The van der Waals surface area contributed by atoms with E-state index in [1.54, 1.807) is 0 Å². The zero-order chi connectivity index (χ0) is 22.6. The maximum absolute atomic E-state index is 13.0. The summed E-state index contributed by atoms with van der Waals surface area (Å²) in [6.45, 7) is 4.02. The molecule has 4 nitrogen and oxygen atoms in total. The first-order valence-electron chi connectivity index (χ1n) is 12.4. The lowest BCUT2D eigenvalue weighted by atomic mass is 9.89. The van der Waals surface area contributed by atoms with Crippen LogP contribution < -0.4 is 0 Å². The molecule has 170 valence electrons. The molecular weight excluding hydrogens is 408 g/mol. The first-order chi connectivity index (χ1) is 16.2. The van der Waals surface area contributed by atoms with Gasteiger partial charge >= 0.3 is 0 Å². The number of hydrogen-bond acceptors (Lipinski definition) is 3. The van der Waals surface area contributed by atoms with Crippen molar-refractivity contribution < 1.29 is 9.59 Å². The summed E-state index contributed by atoms with van der Waals surface area (Å²) in [5.41, 5.74) is 2.79. The molecule has 2 aliphatic rings.